The van der Waals surface area contributed by atoms with Crippen LogP contribution in [-0.2, 0) is 5.41 Å². The second-order valence-corrected chi connectivity index (χ2v) is 7.25. The number of hydrogen-bond donors (Lipinski definition) is 2. The normalized spacial score (nSPS) is 11.8. The van der Waals surface area contributed by atoms with Gasteiger partial charge >= 0.3 is 0 Å². The van der Waals surface area contributed by atoms with Crippen LogP contribution < -0.4 is 5.43 Å². The summed E-state index contributed by atoms with van der Waals surface area (Å²) in [6.45, 7) is 6.38. The van der Waals surface area contributed by atoms with Crippen molar-refractivity contribution in [3.63, 3.8) is 0 Å². The Balaban J connectivity index is 1.72. The Labute approximate surface area is 153 Å². The Morgan fingerprint density at radius 3 is 2.38 bits per heavy atom. The predicted octanol–water partition coefficient (Wildman–Crippen LogP) is 4.61. The summed E-state index contributed by atoms with van der Waals surface area (Å²) in [6, 6.07) is 18.7. The monoisotopic (exact) mass is 346 g/mol. The Kier molecular flexibility index (Phi) is 4.76. The Bertz CT molecular complexity index is 968. The molecule has 0 bridgehead atoms. The highest BCUT2D eigenvalue weighted by atomic mass is 16.3. The van der Waals surface area contributed by atoms with Gasteiger partial charge in [0.25, 0.3) is 5.91 Å². The van der Waals surface area contributed by atoms with Crippen LogP contribution in [-0.4, -0.2) is 17.2 Å². The van der Waals surface area contributed by atoms with Gasteiger partial charge in [-0.25, -0.2) is 5.43 Å². The van der Waals surface area contributed by atoms with E-state index in [0.717, 1.165) is 10.8 Å². The van der Waals surface area contributed by atoms with Gasteiger partial charge in [-0.2, -0.15) is 5.10 Å². The van der Waals surface area contributed by atoms with E-state index in [-0.39, 0.29) is 17.1 Å². The Morgan fingerprint density at radius 1 is 1.00 bits per heavy atom. The molecule has 0 aliphatic rings. The van der Waals surface area contributed by atoms with E-state index in [9.17, 15) is 9.90 Å². The molecule has 0 fully saturated rings. The molecule has 0 aliphatic carbocycles. The van der Waals surface area contributed by atoms with Crippen molar-refractivity contribution in [2.24, 2.45) is 5.10 Å². The smallest absolute Gasteiger partial charge is 0.271 e. The molecular formula is C22H22N2O2. The zero-order valence-corrected chi connectivity index (χ0v) is 15.2. The molecule has 3 aromatic carbocycles. The third kappa shape index (κ3) is 3.75. The van der Waals surface area contributed by atoms with Crippen LogP contribution in [0.3, 0.4) is 0 Å². The number of carbonyl (C=O) groups excluding carboxylic acids is 1. The average molecular weight is 346 g/mol. The fourth-order valence-corrected chi connectivity index (χ4v) is 2.72. The number of amides is 1. The molecule has 0 saturated carbocycles. The van der Waals surface area contributed by atoms with Crippen LogP contribution in [0.15, 0.2) is 65.8 Å². The highest BCUT2D eigenvalue weighted by Gasteiger charge is 2.14. The first-order valence-electron chi connectivity index (χ1n) is 8.51. The zero-order chi connectivity index (χ0) is 18.7. The Hall–Kier alpha value is -3.14. The highest BCUT2D eigenvalue weighted by Crippen LogP contribution is 2.27. The van der Waals surface area contributed by atoms with E-state index in [0.29, 0.717) is 11.1 Å². The molecule has 3 rings (SSSR count). The molecule has 1 amide bonds. The highest BCUT2D eigenvalue weighted by molar-refractivity contribution is 5.98. The maximum atomic E-state index is 12.2. The summed E-state index contributed by atoms with van der Waals surface area (Å²) in [6.07, 6.45) is 1.45. The summed E-state index contributed by atoms with van der Waals surface area (Å²) < 4.78 is 0. The van der Waals surface area contributed by atoms with Gasteiger partial charge < -0.3 is 5.11 Å². The summed E-state index contributed by atoms with van der Waals surface area (Å²) in [7, 11) is 0. The molecule has 132 valence electrons. The molecule has 0 aromatic heterocycles. The third-order valence-electron chi connectivity index (χ3n) is 4.31. The quantitative estimate of drug-likeness (QED) is 0.537. The lowest BCUT2D eigenvalue weighted by molar-refractivity contribution is 0.0955. The van der Waals surface area contributed by atoms with Gasteiger partial charge in [-0.15, -0.1) is 0 Å². The van der Waals surface area contributed by atoms with E-state index >= 15 is 0 Å². The number of nitrogens with one attached hydrogen (secondary N) is 1. The molecule has 4 nitrogen and oxygen atoms in total. The number of nitrogens with zero attached hydrogens (tertiary/aromatic N) is 1. The molecule has 0 unspecified atom stereocenters. The minimum Gasteiger partial charge on any atom is -0.507 e. The lowest BCUT2D eigenvalue weighted by atomic mass is 9.87. The largest absolute Gasteiger partial charge is 0.507 e. The third-order valence-corrected chi connectivity index (χ3v) is 4.31. The fourth-order valence-electron chi connectivity index (χ4n) is 2.72. The first-order chi connectivity index (χ1) is 12.4. The minimum atomic E-state index is -0.290. The summed E-state index contributed by atoms with van der Waals surface area (Å²) in [5.41, 5.74) is 4.80. The lowest BCUT2D eigenvalue weighted by Crippen LogP contribution is -2.18. The number of hydrogen-bond acceptors (Lipinski definition) is 3. The van der Waals surface area contributed by atoms with E-state index < -0.39 is 0 Å². The van der Waals surface area contributed by atoms with Crippen LogP contribution in [0.5, 0.6) is 5.75 Å². The van der Waals surface area contributed by atoms with E-state index in [2.05, 4.69) is 31.3 Å². The molecule has 0 saturated heterocycles. The molecule has 2 N–H and O–H groups in total. The molecule has 0 aliphatic heterocycles. The van der Waals surface area contributed by atoms with Gasteiger partial charge in [-0.05, 0) is 34.6 Å². The van der Waals surface area contributed by atoms with E-state index in [1.165, 1.54) is 11.8 Å². The van der Waals surface area contributed by atoms with Crippen LogP contribution in [0.1, 0.15) is 42.3 Å². The minimum absolute atomic E-state index is 0.0424. The van der Waals surface area contributed by atoms with Gasteiger partial charge in [0.1, 0.15) is 5.75 Å². The van der Waals surface area contributed by atoms with Crippen molar-refractivity contribution < 1.29 is 9.90 Å². The van der Waals surface area contributed by atoms with E-state index in [4.69, 9.17) is 0 Å². The van der Waals surface area contributed by atoms with Crippen molar-refractivity contribution in [3.8, 4) is 5.75 Å². The number of phenols is 1. The molecule has 0 spiro atoms. The molecular weight excluding hydrogens is 324 g/mol. The zero-order valence-electron chi connectivity index (χ0n) is 15.2. The van der Waals surface area contributed by atoms with E-state index in [1.807, 2.05) is 42.5 Å². The van der Waals surface area contributed by atoms with Gasteiger partial charge in [0.2, 0.25) is 0 Å². The SMILES string of the molecule is CC(C)(C)c1ccc(C(=O)NN=Cc2ccc3ccccc3c2O)cc1. The van der Waals surface area contributed by atoms with Crippen LogP contribution in [0.4, 0.5) is 0 Å². The molecule has 26 heavy (non-hydrogen) atoms. The van der Waals surface area contributed by atoms with Gasteiger partial charge in [0.15, 0.2) is 0 Å². The second kappa shape index (κ2) is 7.00. The van der Waals surface area contributed by atoms with Crippen molar-refractivity contribution in [1.82, 2.24) is 5.43 Å². The number of phenolic OH excluding ortho intramolecular Hbond substituents is 1. The van der Waals surface area contributed by atoms with Crippen molar-refractivity contribution in [3.05, 3.63) is 77.4 Å². The van der Waals surface area contributed by atoms with Gasteiger partial charge in [-0.3, -0.25) is 4.79 Å². The number of carbonyl (C=O) groups is 1. The predicted molar refractivity (Wildman–Crippen MR) is 106 cm³/mol. The topological polar surface area (TPSA) is 61.7 Å². The first kappa shape index (κ1) is 17.7. The average Bonchev–Trinajstić information content (AvgIpc) is 2.63. The maximum absolute atomic E-state index is 12.2. The van der Waals surface area contributed by atoms with E-state index in [1.54, 1.807) is 18.2 Å². The van der Waals surface area contributed by atoms with Crippen LogP contribution in [0, 0.1) is 0 Å². The fraction of sp³-hybridized carbons (Fsp3) is 0.182. The molecule has 4 heteroatoms. The van der Waals surface area contributed by atoms with Crippen molar-refractivity contribution in [2.45, 2.75) is 26.2 Å². The van der Waals surface area contributed by atoms with Gasteiger partial charge in [0.05, 0.1) is 6.21 Å². The number of aromatic hydroxyl groups is 1. The lowest BCUT2D eigenvalue weighted by Gasteiger charge is -2.18. The molecule has 0 atom stereocenters. The second-order valence-electron chi connectivity index (χ2n) is 7.25. The Morgan fingerprint density at radius 2 is 1.69 bits per heavy atom. The van der Waals surface area contributed by atoms with Gasteiger partial charge in [0, 0.05) is 16.5 Å². The molecule has 0 heterocycles. The standard InChI is InChI=1S/C22H22N2O2/c1-22(2,3)18-12-10-16(11-13-18)21(26)24-23-14-17-9-8-15-6-4-5-7-19(15)20(17)25/h4-14,25H,1-3H3,(H,24,26). The van der Waals surface area contributed by atoms with Crippen LogP contribution in [0.25, 0.3) is 10.8 Å². The number of hydrazone groups is 1. The number of fused-ring (bicyclic) bond motifs is 1. The van der Waals surface area contributed by atoms with Crippen LogP contribution >= 0.6 is 0 Å². The van der Waals surface area contributed by atoms with Crippen molar-refractivity contribution >= 4 is 22.9 Å². The number of rotatable bonds is 3. The summed E-state index contributed by atoms with van der Waals surface area (Å²) in [5, 5.41) is 16.0. The molecule has 3 aromatic rings. The number of benzene rings is 3. The van der Waals surface area contributed by atoms with Crippen molar-refractivity contribution in [1.29, 1.82) is 0 Å². The maximum Gasteiger partial charge on any atom is 0.271 e. The van der Waals surface area contributed by atoms with Crippen LogP contribution in [0.2, 0.25) is 0 Å². The molecule has 0 radical (unpaired) electrons. The summed E-state index contributed by atoms with van der Waals surface area (Å²) in [4.78, 5) is 12.2. The van der Waals surface area contributed by atoms with Gasteiger partial charge in [-0.1, -0.05) is 63.2 Å². The summed E-state index contributed by atoms with van der Waals surface area (Å²) >= 11 is 0. The summed E-state index contributed by atoms with van der Waals surface area (Å²) in [5.74, 6) is -0.141. The van der Waals surface area contributed by atoms with Crippen molar-refractivity contribution in [2.75, 3.05) is 0 Å². The first-order valence-corrected chi connectivity index (χ1v) is 8.51.